The Balaban J connectivity index is 1.60. The van der Waals surface area contributed by atoms with E-state index in [4.69, 9.17) is 9.47 Å². The Morgan fingerprint density at radius 1 is 1.31 bits per heavy atom. The molecule has 0 unspecified atom stereocenters. The predicted molar refractivity (Wildman–Crippen MR) is 94.9 cm³/mol. The minimum Gasteiger partial charge on any atom is -0.496 e. The standard InChI is InChI=1S/C17H16N2O6S/c1-24-11-5-6-12(13(8-11)19(22)23)18-16(20)9-25-17(21)15-7-10-3-2-4-14(10)26-15/h5-8H,2-4,9H2,1H3,(H,18,20). The second kappa shape index (κ2) is 7.52. The number of nitro groups is 1. The maximum absolute atomic E-state index is 12.0. The summed E-state index contributed by atoms with van der Waals surface area (Å²) >= 11 is 1.39. The van der Waals surface area contributed by atoms with E-state index in [1.807, 2.05) is 6.07 Å². The summed E-state index contributed by atoms with van der Waals surface area (Å²) < 4.78 is 9.94. The largest absolute Gasteiger partial charge is 0.496 e. The molecule has 0 radical (unpaired) electrons. The minimum atomic E-state index is -0.657. The number of nitro benzene ring substituents is 1. The van der Waals surface area contributed by atoms with Crippen LogP contribution in [0.25, 0.3) is 0 Å². The average molecular weight is 376 g/mol. The van der Waals surface area contributed by atoms with Gasteiger partial charge in [-0.3, -0.25) is 14.9 Å². The summed E-state index contributed by atoms with van der Waals surface area (Å²) in [7, 11) is 1.39. The van der Waals surface area contributed by atoms with Gasteiger partial charge in [-0.2, -0.15) is 0 Å². The van der Waals surface area contributed by atoms with Crippen LogP contribution in [-0.4, -0.2) is 30.5 Å². The molecule has 1 aliphatic carbocycles. The number of carbonyl (C=O) groups excluding carboxylic acids is 2. The number of nitrogens with one attached hydrogen (secondary N) is 1. The summed E-state index contributed by atoms with van der Waals surface area (Å²) in [5.41, 5.74) is 0.867. The first-order chi connectivity index (χ1) is 12.5. The summed E-state index contributed by atoms with van der Waals surface area (Å²) in [6.45, 7) is -0.523. The SMILES string of the molecule is COc1ccc(NC(=O)COC(=O)c2cc3c(s2)CCC3)c([N+](=O)[O-])c1. The first-order valence-electron chi connectivity index (χ1n) is 7.89. The molecule has 0 atom stereocenters. The summed E-state index contributed by atoms with van der Waals surface area (Å²) in [4.78, 5) is 36.2. The van der Waals surface area contributed by atoms with E-state index in [2.05, 4.69) is 5.32 Å². The number of nitrogens with zero attached hydrogens (tertiary/aromatic N) is 1. The molecule has 26 heavy (non-hydrogen) atoms. The molecule has 1 N–H and O–H groups in total. The predicted octanol–water partition coefficient (Wildman–Crippen LogP) is 2.95. The molecule has 8 nitrogen and oxygen atoms in total. The summed E-state index contributed by atoms with van der Waals surface area (Å²) in [5, 5.41) is 13.5. The van der Waals surface area contributed by atoms with Gasteiger partial charge in [0.05, 0.1) is 18.1 Å². The third-order valence-electron chi connectivity index (χ3n) is 3.96. The molecular formula is C17H16N2O6S. The van der Waals surface area contributed by atoms with Gasteiger partial charge in [0.25, 0.3) is 11.6 Å². The van der Waals surface area contributed by atoms with Crippen molar-refractivity contribution >= 4 is 34.6 Å². The molecule has 1 heterocycles. The maximum Gasteiger partial charge on any atom is 0.348 e. The van der Waals surface area contributed by atoms with E-state index in [1.54, 1.807) is 0 Å². The van der Waals surface area contributed by atoms with Crippen LogP contribution in [0.15, 0.2) is 24.3 Å². The summed E-state index contributed by atoms with van der Waals surface area (Å²) in [6, 6.07) is 5.86. The van der Waals surface area contributed by atoms with Crippen molar-refractivity contribution in [1.29, 1.82) is 0 Å². The summed E-state index contributed by atoms with van der Waals surface area (Å²) in [5.74, 6) is -0.925. The highest BCUT2D eigenvalue weighted by molar-refractivity contribution is 7.14. The lowest BCUT2D eigenvalue weighted by Gasteiger charge is -2.08. The van der Waals surface area contributed by atoms with Crippen LogP contribution < -0.4 is 10.1 Å². The molecule has 1 amide bonds. The van der Waals surface area contributed by atoms with Crippen molar-refractivity contribution in [3.8, 4) is 5.75 Å². The van der Waals surface area contributed by atoms with Crippen molar-refractivity contribution in [3.63, 3.8) is 0 Å². The normalized spacial score (nSPS) is 12.3. The molecule has 2 aromatic rings. The molecule has 136 valence electrons. The number of hydrogen-bond acceptors (Lipinski definition) is 7. The van der Waals surface area contributed by atoms with Crippen molar-refractivity contribution in [2.24, 2.45) is 0 Å². The number of ether oxygens (including phenoxy) is 2. The fourth-order valence-corrected chi connectivity index (χ4v) is 3.86. The first-order valence-corrected chi connectivity index (χ1v) is 8.70. The van der Waals surface area contributed by atoms with Gasteiger partial charge in [0.15, 0.2) is 6.61 Å². The molecule has 0 saturated carbocycles. The zero-order valence-corrected chi connectivity index (χ0v) is 14.8. The Morgan fingerprint density at radius 3 is 2.81 bits per heavy atom. The monoisotopic (exact) mass is 376 g/mol. The van der Waals surface area contributed by atoms with Gasteiger partial charge in [0.2, 0.25) is 0 Å². The minimum absolute atomic E-state index is 0.00643. The fourth-order valence-electron chi connectivity index (χ4n) is 2.71. The highest BCUT2D eigenvalue weighted by Gasteiger charge is 2.21. The van der Waals surface area contributed by atoms with E-state index in [-0.39, 0.29) is 11.4 Å². The van der Waals surface area contributed by atoms with Crippen LogP contribution >= 0.6 is 11.3 Å². The van der Waals surface area contributed by atoms with Crippen molar-refractivity contribution in [1.82, 2.24) is 0 Å². The quantitative estimate of drug-likeness (QED) is 0.472. The molecule has 0 fully saturated rings. The second-order valence-corrected chi connectivity index (χ2v) is 6.81. The number of fused-ring (bicyclic) bond motifs is 1. The molecule has 0 aliphatic heterocycles. The molecule has 1 aromatic carbocycles. The van der Waals surface area contributed by atoms with Crippen molar-refractivity contribution < 1.29 is 24.0 Å². The second-order valence-electron chi connectivity index (χ2n) is 5.68. The van der Waals surface area contributed by atoms with Crippen LogP contribution in [0.5, 0.6) is 5.75 Å². The van der Waals surface area contributed by atoms with E-state index >= 15 is 0 Å². The number of hydrogen-bond donors (Lipinski definition) is 1. The maximum atomic E-state index is 12.0. The first kappa shape index (κ1) is 17.9. The smallest absolute Gasteiger partial charge is 0.348 e. The van der Waals surface area contributed by atoms with Gasteiger partial charge in [-0.15, -0.1) is 11.3 Å². The molecule has 0 bridgehead atoms. The Morgan fingerprint density at radius 2 is 2.12 bits per heavy atom. The van der Waals surface area contributed by atoms with Crippen LogP contribution in [0.2, 0.25) is 0 Å². The fraction of sp³-hybridized carbons (Fsp3) is 0.294. The molecular weight excluding hydrogens is 360 g/mol. The molecule has 0 saturated heterocycles. The highest BCUT2D eigenvalue weighted by atomic mass is 32.1. The third kappa shape index (κ3) is 3.83. The van der Waals surface area contributed by atoms with E-state index in [0.29, 0.717) is 10.6 Å². The van der Waals surface area contributed by atoms with E-state index in [1.165, 1.54) is 47.1 Å². The van der Waals surface area contributed by atoms with Crippen LogP contribution in [0, 0.1) is 10.1 Å². The van der Waals surface area contributed by atoms with Crippen LogP contribution in [-0.2, 0) is 22.4 Å². The number of carbonyl (C=O) groups is 2. The van der Waals surface area contributed by atoms with Gasteiger partial charge in [0.1, 0.15) is 16.3 Å². The number of esters is 1. The van der Waals surface area contributed by atoms with Crippen molar-refractivity contribution in [2.45, 2.75) is 19.3 Å². The number of anilines is 1. The molecule has 3 rings (SSSR count). The topological polar surface area (TPSA) is 108 Å². The lowest BCUT2D eigenvalue weighted by molar-refractivity contribution is -0.384. The zero-order chi connectivity index (χ0) is 18.7. The Labute approximate surface area is 152 Å². The number of amides is 1. The van der Waals surface area contributed by atoms with Crippen molar-refractivity contribution in [3.05, 3.63) is 49.7 Å². The summed E-state index contributed by atoms with van der Waals surface area (Å²) in [6.07, 6.45) is 3.02. The Kier molecular flexibility index (Phi) is 5.17. The van der Waals surface area contributed by atoms with Gasteiger partial charge in [0, 0.05) is 4.88 Å². The number of rotatable bonds is 6. The lowest BCUT2D eigenvalue weighted by atomic mass is 10.2. The number of benzene rings is 1. The Hall–Kier alpha value is -2.94. The van der Waals surface area contributed by atoms with E-state index < -0.39 is 23.4 Å². The van der Waals surface area contributed by atoms with Gasteiger partial charge >= 0.3 is 5.97 Å². The average Bonchev–Trinajstić information content (AvgIpc) is 3.21. The number of thiophene rings is 1. The van der Waals surface area contributed by atoms with Gasteiger partial charge in [-0.05, 0) is 43.0 Å². The van der Waals surface area contributed by atoms with Gasteiger partial charge < -0.3 is 14.8 Å². The number of methoxy groups -OCH3 is 1. The highest BCUT2D eigenvalue weighted by Crippen LogP contribution is 2.31. The van der Waals surface area contributed by atoms with E-state index in [0.717, 1.165) is 19.3 Å². The van der Waals surface area contributed by atoms with Gasteiger partial charge in [-0.1, -0.05) is 0 Å². The lowest BCUT2D eigenvalue weighted by Crippen LogP contribution is -2.21. The number of aryl methyl sites for hydroxylation is 2. The van der Waals surface area contributed by atoms with Crippen molar-refractivity contribution in [2.75, 3.05) is 19.0 Å². The molecule has 0 spiro atoms. The molecule has 1 aromatic heterocycles. The van der Waals surface area contributed by atoms with Crippen LogP contribution in [0.4, 0.5) is 11.4 Å². The van der Waals surface area contributed by atoms with Crippen LogP contribution in [0.3, 0.4) is 0 Å². The zero-order valence-electron chi connectivity index (χ0n) is 13.9. The Bertz CT molecular complexity index is 855. The third-order valence-corrected chi connectivity index (χ3v) is 5.17. The van der Waals surface area contributed by atoms with Gasteiger partial charge in [-0.25, -0.2) is 4.79 Å². The van der Waals surface area contributed by atoms with E-state index in [9.17, 15) is 19.7 Å². The molecule has 9 heteroatoms. The molecule has 1 aliphatic rings. The van der Waals surface area contributed by atoms with Crippen LogP contribution in [0.1, 0.15) is 26.5 Å².